The smallest absolute Gasteiger partial charge is 0.337 e. The van der Waals surface area contributed by atoms with Gasteiger partial charge < -0.3 is 9.84 Å². The van der Waals surface area contributed by atoms with Crippen molar-refractivity contribution in [3.8, 4) is 0 Å². The van der Waals surface area contributed by atoms with Crippen molar-refractivity contribution in [1.82, 2.24) is 4.98 Å². The highest BCUT2D eigenvalue weighted by molar-refractivity contribution is 5.89. The summed E-state index contributed by atoms with van der Waals surface area (Å²) in [7, 11) is 0. The molecule has 0 radical (unpaired) electrons. The summed E-state index contributed by atoms with van der Waals surface area (Å²) >= 11 is 0. The first-order chi connectivity index (χ1) is 9.45. The van der Waals surface area contributed by atoms with Crippen LogP contribution in [-0.4, -0.2) is 29.3 Å². The zero-order valence-corrected chi connectivity index (χ0v) is 11.2. The van der Waals surface area contributed by atoms with E-state index in [9.17, 15) is 18.7 Å². The standard InChI is InChI=1S/C14H17F2NO3/c1-2-14(15,16)11-4-3-10(13(18)19)12(17-11)9-5-7-20-8-6-9/h3-4,9H,2,5-8H2,1H3,(H,18,19). The van der Waals surface area contributed by atoms with Crippen molar-refractivity contribution in [2.45, 2.75) is 38.0 Å². The number of halogens is 2. The van der Waals surface area contributed by atoms with Crippen molar-refractivity contribution in [3.63, 3.8) is 0 Å². The molecule has 1 aromatic rings. The molecule has 2 rings (SSSR count). The predicted octanol–water partition coefficient (Wildman–Crippen LogP) is 3.18. The topological polar surface area (TPSA) is 59.4 Å². The summed E-state index contributed by atoms with van der Waals surface area (Å²) in [6, 6.07) is 2.34. The van der Waals surface area contributed by atoms with E-state index in [0.717, 1.165) is 6.07 Å². The summed E-state index contributed by atoms with van der Waals surface area (Å²) in [5, 5.41) is 9.19. The second-order valence-electron chi connectivity index (χ2n) is 4.88. The van der Waals surface area contributed by atoms with Gasteiger partial charge in [0.1, 0.15) is 5.69 Å². The van der Waals surface area contributed by atoms with Gasteiger partial charge >= 0.3 is 5.97 Å². The summed E-state index contributed by atoms with van der Waals surface area (Å²) < 4.78 is 32.7. The highest BCUT2D eigenvalue weighted by Gasteiger charge is 2.33. The maximum atomic E-state index is 13.7. The molecular formula is C14H17F2NO3. The van der Waals surface area contributed by atoms with E-state index in [0.29, 0.717) is 26.1 Å². The molecule has 0 unspecified atom stereocenters. The number of carboxylic acid groups (broad SMARTS) is 1. The Balaban J connectivity index is 2.44. The average molecular weight is 285 g/mol. The fourth-order valence-corrected chi connectivity index (χ4v) is 2.32. The minimum Gasteiger partial charge on any atom is -0.478 e. The van der Waals surface area contributed by atoms with Gasteiger partial charge in [0, 0.05) is 25.6 Å². The van der Waals surface area contributed by atoms with Gasteiger partial charge in [-0.1, -0.05) is 6.92 Å². The second kappa shape index (κ2) is 5.83. The van der Waals surface area contributed by atoms with Crippen molar-refractivity contribution in [1.29, 1.82) is 0 Å². The van der Waals surface area contributed by atoms with Gasteiger partial charge in [0.25, 0.3) is 5.92 Å². The van der Waals surface area contributed by atoms with E-state index in [1.54, 1.807) is 0 Å². The minimum absolute atomic E-state index is 0.00699. The van der Waals surface area contributed by atoms with Crippen molar-refractivity contribution >= 4 is 5.97 Å². The molecule has 1 saturated heterocycles. The monoisotopic (exact) mass is 285 g/mol. The molecule has 1 aromatic heterocycles. The Hall–Kier alpha value is -1.56. The van der Waals surface area contributed by atoms with E-state index in [1.165, 1.54) is 13.0 Å². The number of nitrogens with zero attached hydrogens (tertiary/aromatic N) is 1. The van der Waals surface area contributed by atoms with Gasteiger partial charge in [-0.25, -0.2) is 4.79 Å². The number of hydrogen-bond donors (Lipinski definition) is 1. The molecule has 110 valence electrons. The molecule has 1 N–H and O–H groups in total. The van der Waals surface area contributed by atoms with Crippen LogP contribution in [0.3, 0.4) is 0 Å². The lowest BCUT2D eigenvalue weighted by Gasteiger charge is -2.24. The molecule has 0 aliphatic carbocycles. The van der Waals surface area contributed by atoms with Crippen molar-refractivity contribution in [3.05, 3.63) is 29.1 Å². The van der Waals surface area contributed by atoms with Gasteiger partial charge in [0.2, 0.25) is 0 Å². The molecule has 1 aliphatic rings. The molecule has 2 heterocycles. The van der Waals surface area contributed by atoms with Gasteiger partial charge in [-0.3, -0.25) is 4.98 Å². The van der Waals surface area contributed by atoms with Gasteiger partial charge in [0.15, 0.2) is 0 Å². The van der Waals surface area contributed by atoms with Crippen LogP contribution in [-0.2, 0) is 10.7 Å². The predicted molar refractivity (Wildman–Crippen MR) is 68.2 cm³/mol. The van der Waals surface area contributed by atoms with Crippen LogP contribution in [0.15, 0.2) is 12.1 Å². The first-order valence-electron chi connectivity index (χ1n) is 6.66. The Bertz CT molecular complexity index is 499. The average Bonchev–Trinajstić information content (AvgIpc) is 2.47. The molecule has 0 amide bonds. The normalized spacial score (nSPS) is 17.1. The highest BCUT2D eigenvalue weighted by Crippen LogP contribution is 2.34. The maximum Gasteiger partial charge on any atom is 0.337 e. The number of ether oxygens (including phenoxy) is 1. The molecule has 1 aliphatic heterocycles. The van der Waals surface area contributed by atoms with Crippen molar-refractivity contribution in [2.75, 3.05) is 13.2 Å². The number of rotatable bonds is 4. The first-order valence-corrected chi connectivity index (χ1v) is 6.66. The Kier molecular flexibility index (Phi) is 4.32. The molecular weight excluding hydrogens is 268 g/mol. The van der Waals surface area contributed by atoms with E-state index >= 15 is 0 Å². The third kappa shape index (κ3) is 2.95. The summed E-state index contributed by atoms with van der Waals surface area (Å²) in [5.41, 5.74) is -0.0922. The molecule has 1 fully saturated rings. The van der Waals surface area contributed by atoms with Crippen LogP contribution in [0.25, 0.3) is 0 Å². The molecule has 4 nitrogen and oxygen atoms in total. The van der Waals surface area contributed by atoms with Crippen LogP contribution in [0, 0.1) is 0 Å². The number of pyridine rings is 1. The van der Waals surface area contributed by atoms with Crippen molar-refractivity contribution in [2.24, 2.45) is 0 Å². The Morgan fingerprint density at radius 3 is 2.65 bits per heavy atom. The van der Waals surface area contributed by atoms with Crippen LogP contribution in [0.4, 0.5) is 8.78 Å². The summed E-state index contributed by atoms with van der Waals surface area (Å²) in [6.45, 7) is 2.38. The summed E-state index contributed by atoms with van der Waals surface area (Å²) in [6.07, 6.45) is 0.850. The number of aromatic nitrogens is 1. The number of hydrogen-bond acceptors (Lipinski definition) is 3. The maximum absolute atomic E-state index is 13.7. The third-order valence-electron chi connectivity index (χ3n) is 3.58. The molecule has 0 atom stereocenters. The zero-order chi connectivity index (χ0) is 14.8. The Morgan fingerprint density at radius 1 is 1.45 bits per heavy atom. The van der Waals surface area contributed by atoms with Crippen LogP contribution in [0.2, 0.25) is 0 Å². The largest absolute Gasteiger partial charge is 0.478 e. The van der Waals surface area contributed by atoms with Gasteiger partial charge in [-0.15, -0.1) is 0 Å². The number of aromatic carboxylic acids is 1. The lowest BCUT2D eigenvalue weighted by molar-refractivity contribution is -0.0132. The molecule has 0 aromatic carbocycles. The SMILES string of the molecule is CCC(F)(F)c1ccc(C(=O)O)c(C2CCOCC2)n1. The van der Waals surface area contributed by atoms with E-state index in [4.69, 9.17) is 4.74 Å². The van der Waals surface area contributed by atoms with E-state index in [2.05, 4.69) is 4.98 Å². The lowest BCUT2D eigenvalue weighted by atomic mass is 9.92. The van der Waals surface area contributed by atoms with Crippen LogP contribution >= 0.6 is 0 Å². The number of alkyl halides is 2. The van der Waals surface area contributed by atoms with Gasteiger partial charge in [-0.05, 0) is 25.0 Å². The summed E-state index contributed by atoms with van der Waals surface area (Å²) in [4.78, 5) is 15.2. The first kappa shape index (κ1) is 14.8. The molecule has 6 heteroatoms. The third-order valence-corrected chi connectivity index (χ3v) is 3.58. The fraction of sp³-hybridized carbons (Fsp3) is 0.571. The zero-order valence-electron chi connectivity index (χ0n) is 11.2. The number of carboxylic acids is 1. The fourth-order valence-electron chi connectivity index (χ4n) is 2.32. The molecule has 0 spiro atoms. The van der Waals surface area contributed by atoms with E-state index in [1.807, 2.05) is 0 Å². The molecule has 20 heavy (non-hydrogen) atoms. The number of carbonyl (C=O) groups is 1. The molecule has 0 saturated carbocycles. The van der Waals surface area contributed by atoms with Gasteiger partial charge in [0.05, 0.1) is 11.3 Å². The van der Waals surface area contributed by atoms with Crippen LogP contribution in [0.1, 0.15) is 53.8 Å². The quantitative estimate of drug-likeness (QED) is 0.923. The van der Waals surface area contributed by atoms with E-state index < -0.39 is 11.9 Å². The van der Waals surface area contributed by atoms with Gasteiger partial charge in [-0.2, -0.15) is 8.78 Å². The van der Waals surface area contributed by atoms with Crippen LogP contribution in [0.5, 0.6) is 0 Å². The summed E-state index contributed by atoms with van der Waals surface area (Å²) in [5.74, 6) is -4.30. The van der Waals surface area contributed by atoms with E-state index in [-0.39, 0.29) is 29.3 Å². The second-order valence-corrected chi connectivity index (χ2v) is 4.88. The molecule has 0 bridgehead atoms. The Labute approximate surface area is 115 Å². The minimum atomic E-state index is -3.03. The highest BCUT2D eigenvalue weighted by atomic mass is 19.3. The Morgan fingerprint density at radius 2 is 2.10 bits per heavy atom. The van der Waals surface area contributed by atoms with Crippen LogP contribution < -0.4 is 0 Å². The lowest BCUT2D eigenvalue weighted by Crippen LogP contribution is -2.21. The van der Waals surface area contributed by atoms with Crippen molar-refractivity contribution < 1.29 is 23.4 Å².